The summed E-state index contributed by atoms with van der Waals surface area (Å²) in [6.45, 7) is 3.92. The van der Waals surface area contributed by atoms with E-state index in [1.165, 1.54) is 18.2 Å². The molecule has 0 aliphatic carbocycles. The van der Waals surface area contributed by atoms with Gasteiger partial charge in [0.15, 0.2) is 5.11 Å². The first-order valence-electron chi connectivity index (χ1n) is 6.66. The molecule has 0 atom stereocenters. The molecule has 0 unspecified atom stereocenters. The molecule has 2 aromatic rings. The van der Waals surface area contributed by atoms with E-state index in [-0.39, 0.29) is 10.7 Å². The first-order chi connectivity index (χ1) is 10.5. The number of hydrogen-bond donors (Lipinski definition) is 3. The summed E-state index contributed by atoms with van der Waals surface area (Å²) in [4.78, 5) is 11.8. The second kappa shape index (κ2) is 7.00. The molecule has 2 rings (SSSR count). The number of carbonyl (C=O) groups excluding carboxylic acids is 1. The number of anilines is 1. The van der Waals surface area contributed by atoms with Crippen molar-refractivity contribution in [1.82, 2.24) is 10.9 Å². The van der Waals surface area contributed by atoms with E-state index in [9.17, 15) is 9.18 Å². The van der Waals surface area contributed by atoms with E-state index in [2.05, 4.69) is 16.2 Å². The lowest BCUT2D eigenvalue weighted by atomic mass is 10.1. The van der Waals surface area contributed by atoms with Crippen LogP contribution in [0.2, 0.25) is 0 Å². The van der Waals surface area contributed by atoms with Gasteiger partial charge in [-0.3, -0.25) is 15.6 Å². The summed E-state index contributed by atoms with van der Waals surface area (Å²) in [5, 5.41) is 3.21. The number of benzene rings is 2. The number of carbonyl (C=O) groups is 1. The Morgan fingerprint density at radius 3 is 2.55 bits per heavy atom. The molecule has 0 aliphatic heterocycles. The van der Waals surface area contributed by atoms with Crippen molar-refractivity contribution in [3.8, 4) is 0 Å². The predicted molar refractivity (Wildman–Crippen MR) is 89.1 cm³/mol. The molecular formula is C16H16FN3OS. The first kappa shape index (κ1) is 15.9. The predicted octanol–water partition coefficient (Wildman–Crippen LogP) is 3.07. The van der Waals surface area contributed by atoms with E-state index < -0.39 is 11.7 Å². The lowest BCUT2D eigenvalue weighted by molar-refractivity contribution is 0.0940. The number of nitrogens with one attached hydrogen (secondary N) is 3. The van der Waals surface area contributed by atoms with E-state index in [1.807, 2.05) is 32.0 Å². The lowest BCUT2D eigenvalue weighted by Crippen LogP contribution is -2.44. The zero-order chi connectivity index (χ0) is 16.1. The summed E-state index contributed by atoms with van der Waals surface area (Å²) in [6.07, 6.45) is 0. The van der Waals surface area contributed by atoms with Crippen LogP contribution in [0.1, 0.15) is 21.5 Å². The second-order valence-corrected chi connectivity index (χ2v) is 5.24. The number of aryl methyl sites for hydroxylation is 2. The number of hydrazine groups is 1. The van der Waals surface area contributed by atoms with E-state index in [0.717, 1.165) is 16.8 Å². The van der Waals surface area contributed by atoms with Crippen LogP contribution in [-0.4, -0.2) is 11.0 Å². The van der Waals surface area contributed by atoms with Crippen LogP contribution in [-0.2, 0) is 0 Å². The van der Waals surface area contributed by atoms with Crippen LogP contribution in [0, 0.1) is 19.7 Å². The van der Waals surface area contributed by atoms with Crippen molar-refractivity contribution < 1.29 is 9.18 Å². The molecule has 0 aliphatic rings. The summed E-state index contributed by atoms with van der Waals surface area (Å²) in [7, 11) is 0. The molecule has 0 aromatic heterocycles. The molecule has 6 heteroatoms. The summed E-state index contributed by atoms with van der Waals surface area (Å²) in [5.74, 6) is -1.18. The van der Waals surface area contributed by atoms with Gasteiger partial charge in [-0.15, -0.1) is 0 Å². The fourth-order valence-electron chi connectivity index (χ4n) is 1.85. The normalized spacial score (nSPS) is 9.95. The molecule has 0 radical (unpaired) electrons. The quantitative estimate of drug-likeness (QED) is 0.588. The van der Waals surface area contributed by atoms with Gasteiger partial charge in [-0.1, -0.05) is 24.3 Å². The highest BCUT2D eigenvalue weighted by Crippen LogP contribution is 2.16. The van der Waals surface area contributed by atoms with Crippen LogP contribution < -0.4 is 16.2 Å². The van der Waals surface area contributed by atoms with Gasteiger partial charge in [0, 0.05) is 5.69 Å². The second-order valence-electron chi connectivity index (χ2n) is 4.83. The van der Waals surface area contributed by atoms with Crippen molar-refractivity contribution in [2.75, 3.05) is 5.32 Å². The molecule has 0 spiro atoms. The number of rotatable bonds is 2. The fourth-order valence-corrected chi connectivity index (χ4v) is 2.01. The Kier molecular flexibility index (Phi) is 5.06. The van der Waals surface area contributed by atoms with Crippen LogP contribution in [0.15, 0.2) is 42.5 Å². The molecular weight excluding hydrogens is 301 g/mol. The molecule has 114 valence electrons. The maximum Gasteiger partial charge on any atom is 0.272 e. The minimum atomic E-state index is -0.594. The Morgan fingerprint density at radius 2 is 1.82 bits per heavy atom. The van der Waals surface area contributed by atoms with Crippen molar-refractivity contribution in [2.45, 2.75) is 13.8 Å². The minimum absolute atomic E-state index is 0.0514. The summed E-state index contributed by atoms with van der Waals surface area (Å²) >= 11 is 5.11. The maximum absolute atomic E-state index is 13.5. The third-order valence-corrected chi connectivity index (χ3v) is 3.25. The van der Waals surface area contributed by atoms with Gasteiger partial charge in [0.1, 0.15) is 5.82 Å². The topological polar surface area (TPSA) is 53.2 Å². The van der Waals surface area contributed by atoms with Crippen LogP contribution in [0.4, 0.5) is 10.1 Å². The Balaban J connectivity index is 1.94. The third kappa shape index (κ3) is 4.02. The molecule has 4 nitrogen and oxygen atoms in total. The van der Waals surface area contributed by atoms with Crippen molar-refractivity contribution in [2.24, 2.45) is 0 Å². The minimum Gasteiger partial charge on any atom is -0.331 e. The van der Waals surface area contributed by atoms with E-state index >= 15 is 0 Å². The standard InChI is InChI=1S/C16H16FN3OS/c1-10-7-8-11(2)14(9-10)18-16(22)20-19-15(21)12-5-3-4-6-13(12)17/h3-9H,1-2H3,(H,19,21)(H2,18,20,22). The molecule has 3 N–H and O–H groups in total. The van der Waals surface area contributed by atoms with Crippen molar-refractivity contribution in [3.63, 3.8) is 0 Å². The Morgan fingerprint density at radius 1 is 1.09 bits per heavy atom. The number of thiocarbonyl (C=S) groups is 1. The Hall–Kier alpha value is -2.47. The van der Waals surface area contributed by atoms with Crippen LogP contribution >= 0.6 is 12.2 Å². The smallest absolute Gasteiger partial charge is 0.272 e. The van der Waals surface area contributed by atoms with Crippen molar-refractivity contribution >= 4 is 28.9 Å². The number of halogens is 1. The zero-order valence-corrected chi connectivity index (χ0v) is 13.1. The number of hydrogen-bond acceptors (Lipinski definition) is 2. The van der Waals surface area contributed by atoms with E-state index in [0.29, 0.717) is 0 Å². The van der Waals surface area contributed by atoms with E-state index in [1.54, 1.807) is 6.07 Å². The van der Waals surface area contributed by atoms with Gasteiger partial charge in [-0.05, 0) is 55.4 Å². The van der Waals surface area contributed by atoms with Crippen molar-refractivity contribution in [3.05, 3.63) is 65.0 Å². The first-order valence-corrected chi connectivity index (χ1v) is 7.07. The average molecular weight is 317 g/mol. The van der Waals surface area contributed by atoms with Gasteiger partial charge >= 0.3 is 0 Å². The lowest BCUT2D eigenvalue weighted by Gasteiger charge is -2.14. The molecule has 0 saturated heterocycles. The highest BCUT2D eigenvalue weighted by atomic mass is 32.1. The highest BCUT2D eigenvalue weighted by molar-refractivity contribution is 7.80. The van der Waals surface area contributed by atoms with Gasteiger partial charge in [-0.2, -0.15) is 0 Å². The summed E-state index contributed by atoms with van der Waals surface area (Å²) < 4.78 is 13.5. The highest BCUT2D eigenvalue weighted by Gasteiger charge is 2.10. The maximum atomic E-state index is 13.5. The molecule has 2 aromatic carbocycles. The average Bonchev–Trinajstić information content (AvgIpc) is 2.49. The van der Waals surface area contributed by atoms with Gasteiger partial charge in [0.2, 0.25) is 0 Å². The number of amides is 1. The molecule has 0 fully saturated rings. The van der Waals surface area contributed by atoms with Crippen LogP contribution in [0.3, 0.4) is 0 Å². The third-order valence-electron chi connectivity index (χ3n) is 3.05. The SMILES string of the molecule is Cc1ccc(C)c(NC(=S)NNC(=O)c2ccccc2F)c1. The Bertz CT molecular complexity index is 718. The largest absolute Gasteiger partial charge is 0.331 e. The van der Waals surface area contributed by atoms with Crippen LogP contribution in [0.5, 0.6) is 0 Å². The van der Waals surface area contributed by atoms with Gasteiger partial charge in [0.25, 0.3) is 5.91 Å². The van der Waals surface area contributed by atoms with Crippen molar-refractivity contribution in [1.29, 1.82) is 0 Å². The fraction of sp³-hybridized carbons (Fsp3) is 0.125. The zero-order valence-electron chi connectivity index (χ0n) is 12.2. The van der Waals surface area contributed by atoms with Gasteiger partial charge in [-0.25, -0.2) is 4.39 Å². The monoisotopic (exact) mass is 317 g/mol. The van der Waals surface area contributed by atoms with Crippen LogP contribution in [0.25, 0.3) is 0 Å². The van der Waals surface area contributed by atoms with Gasteiger partial charge < -0.3 is 5.32 Å². The Labute approximate surface area is 133 Å². The van der Waals surface area contributed by atoms with E-state index in [4.69, 9.17) is 12.2 Å². The molecule has 1 amide bonds. The molecule has 0 saturated carbocycles. The summed E-state index contributed by atoms with van der Waals surface area (Å²) in [5.41, 5.74) is 7.82. The summed E-state index contributed by atoms with van der Waals surface area (Å²) in [6, 6.07) is 11.6. The van der Waals surface area contributed by atoms with Gasteiger partial charge in [0.05, 0.1) is 5.56 Å². The molecule has 0 bridgehead atoms. The molecule has 22 heavy (non-hydrogen) atoms. The molecule has 0 heterocycles.